The van der Waals surface area contributed by atoms with Gasteiger partial charge in [-0.05, 0) is 59.9 Å². The van der Waals surface area contributed by atoms with Crippen LogP contribution in [0.25, 0.3) is 0 Å². The largest absolute Gasteiger partial charge is 0.492 e. The van der Waals surface area contributed by atoms with Crippen molar-refractivity contribution >= 4 is 40.8 Å². The summed E-state index contributed by atoms with van der Waals surface area (Å²) in [5, 5.41) is 1.05. The van der Waals surface area contributed by atoms with Gasteiger partial charge in [0, 0.05) is 6.42 Å². The maximum atomic E-state index is 13.1. The van der Waals surface area contributed by atoms with E-state index < -0.39 is 0 Å². The van der Waals surface area contributed by atoms with E-state index in [1.807, 2.05) is 12.1 Å². The highest BCUT2D eigenvalue weighted by Gasteiger charge is 2.67. The molecule has 5 aliphatic rings. The maximum Gasteiger partial charge on any atom is 0.239 e. The Bertz CT molecular complexity index is 1080. The zero-order chi connectivity index (χ0) is 21.3. The summed E-state index contributed by atoms with van der Waals surface area (Å²) in [6.07, 6.45) is 7.74. The molecule has 0 radical (unpaired) electrons. The van der Waals surface area contributed by atoms with E-state index in [2.05, 4.69) is 17.1 Å². The van der Waals surface area contributed by atoms with Gasteiger partial charge >= 0.3 is 0 Å². The van der Waals surface area contributed by atoms with Crippen molar-refractivity contribution in [1.82, 2.24) is 4.98 Å². The number of carbonyl (C=O) groups excluding carboxylic acids is 2. The average molecular weight is 455 g/mol. The predicted molar refractivity (Wildman–Crippen MR) is 117 cm³/mol. The highest BCUT2D eigenvalue weighted by atomic mass is 35.5. The lowest BCUT2D eigenvalue weighted by Crippen LogP contribution is -2.40. The molecule has 5 nitrogen and oxygen atoms in total. The Kier molecular flexibility index (Phi) is 4.41. The highest BCUT2D eigenvalue weighted by molar-refractivity contribution is 6.42. The van der Waals surface area contributed by atoms with Crippen molar-refractivity contribution in [2.75, 3.05) is 11.5 Å². The van der Waals surface area contributed by atoms with Crippen molar-refractivity contribution < 1.29 is 14.3 Å². The molecule has 6 atom stereocenters. The topological polar surface area (TPSA) is 59.5 Å². The van der Waals surface area contributed by atoms with Crippen LogP contribution in [0.15, 0.2) is 48.7 Å². The molecule has 3 fully saturated rings. The highest BCUT2D eigenvalue weighted by Crippen LogP contribution is 2.65. The number of halogens is 2. The molecule has 1 aliphatic heterocycles. The van der Waals surface area contributed by atoms with E-state index in [4.69, 9.17) is 27.9 Å². The molecule has 6 unspecified atom stereocenters. The fraction of sp³-hybridized carbons (Fsp3) is 0.375. The number of benzene rings is 1. The smallest absolute Gasteiger partial charge is 0.239 e. The minimum absolute atomic E-state index is 0.0968. The van der Waals surface area contributed by atoms with Crippen LogP contribution in [-0.4, -0.2) is 23.4 Å². The molecule has 2 amide bonds. The lowest BCUT2D eigenvalue weighted by atomic mass is 9.63. The number of aromatic nitrogens is 1. The summed E-state index contributed by atoms with van der Waals surface area (Å²) in [4.78, 5) is 32.0. The van der Waals surface area contributed by atoms with Gasteiger partial charge < -0.3 is 4.74 Å². The van der Waals surface area contributed by atoms with Crippen LogP contribution in [0.3, 0.4) is 0 Å². The van der Waals surface area contributed by atoms with Gasteiger partial charge in [-0.1, -0.05) is 41.4 Å². The molecule has 1 aromatic carbocycles. The van der Waals surface area contributed by atoms with Crippen LogP contribution in [0.1, 0.15) is 12.0 Å². The molecule has 1 saturated heterocycles. The molecule has 7 rings (SSSR count). The minimum atomic E-state index is -0.213. The molecule has 7 heteroatoms. The van der Waals surface area contributed by atoms with Gasteiger partial charge in [0.25, 0.3) is 0 Å². The van der Waals surface area contributed by atoms with Crippen LogP contribution in [0.5, 0.6) is 5.75 Å². The second-order valence-corrected chi connectivity index (χ2v) is 9.68. The van der Waals surface area contributed by atoms with Crippen LogP contribution in [0.4, 0.5) is 5.82 Å². The Labute approximate surface area is 190 Å². The van der Waals surface area contributed by atoms with E-state index in [9.17, 15) is 9.59 Å². The van der Waals surface area contributed by atoms with E-state index in [0.29, 0.717) is 46.5 Å². The van der Waals surface area contributed by atoms with Crippen LogP contribution >= 0.6 is 23.2 Å². The normalized spacial score (nSPS) is 32.3. The molecule has 0 spiro atoms. The van der Waals surface area contributed by atoms with E-state index in [-0.39, 0.29) is 35.5 Å². The number of rotatable bonds is 5. The van der Waals surface area contributed by atoms with Gasteiger partial charge in [-0.2, -0.15) is 0 Å². The summed E-state index contributed by atoms with van der Waals surface area (Å²) in [5.41, 5.74) is 1.02. The number of imide groups is 1. The molecule has 2 saturated carbocycles. The van der Waals surface area contributed by atoms with Gasteiger partial charge in [0.15, 0.2) is 0 Å². The van der Waals surface area contributed by atoms with Gasteiger partial charge in [0.1, 0.15) is 11.6 Å². The van der Waals surface area contributed by atoms with E-state index >= 15 is 0 Å². The Morgan fingerprint density at radius 1 is 0.968 bits per heavy atom. The van der Waals surface area contributed by atoms with E-state index in [1.54, 1.807) is 24.4 Å². The monoisotopic (exact) mass is 454 g/mol. The van der Waals surface area contributed by atoms with Crippen molar-refractivity contribution in [1.29, 1.82) is 0 Å². The van der Waals surface area contributed by atoms with Gasteiger partial charge in [0.2, 0.25) is 11.8 Å². The number of hydrogen-bond acceptors (Lipinski definition) is 4. The first-order chi connectivity index (χ1) is 15.0. The first-order valence-electron chi connectivity index (χ1n) is 10.6. The summed E-state index contributed by atoms with van der Waals surface area (Å²) in [7, 11) is 0. The van der Waals surface area contributed by atoms with Gasteiger partial charge in [-0.25, -0.2) is 9.88 Å². The second kappa shape index (κ2) is 7.07. The first-order valence-corrected chi connectivity index (χ1v) is 11.4. The molecular formula is C24H20Cl2N2O3. The molecular weight excluding hydrogens is 435 g/mol. The number of ether oxygens (including phenoxy) is 1. The van der Waals surface area contributed by atoms with Crippen molar-refractivity contribution in [3.63, 3.8) is 0 Å². The fourth-order valence-electron chi connectivity index (χ4n) is 5.75. The number of allylic oxidation sites excluding steroid dienone is 2. The number of pyridine rings is 1. The molecule has 1 aromatic heterocycles. The third kappa shape index (κ3) is 3.01. The van der Waals surface area contributed by atoms with Gasteiger partial charge in [-0.15, -0.1) is 0 Å². The van der Waals surface area contributed by atoms with Crippen molar-refractivity contribution in [3.8, 4) is 5.75 Å². The second-order valence-electron chi connectivity index (χ2n) is 8.87. The zero-order valence-corrected chi connectivity index (χ0v) is 18.1. The van der Waals surface area contributed by atoms with Crippen LogP contribution < -0.4 is 9.64 Å². The molecule has 31 heavy (non-hydrogen) atoms. The molecule has 4 aliphatic carbocycles. The molecule has 158 valence electrons. The fourth-order valence-corrected chi connectivity index (χ4v) is 6.08. The zero-order valence-electron chi connectivity index (χ0n) is 16.6. The number of carbonyl (C=O) groups is 2. The van der Waals surface area contributed by atoms with Gasteiger partial charge in [-0.3, -0.25) is 9.59 Å². The summed E-state index contributed by atoms with van der Waals surface area (Å²) in [6.45, 7) is 0.447. The number of nitrogens with zero attached hydrogens (tertiary/aromatic N) is 2. The predicted octanol–water partition coefficient (Wildman–Crippen LogP) is 4.57. The molecule has 2 aromatic rings. The molecule has 2 heterocycles. The summed E-state index contributed by atoms with van der Waals surface area (Å²) >= 11 is 12.0. The van der Waals surface area contributed by atoms with E-state index in [0.717, 1.165) is 12.0 Å². The minimum Gasteiger partial charge on any atom is -0.492 e. The summed E-state index contributed by atoms with van der Waals surface area (Å²) in [5.74, 6) is 1.96. The van der Waals surface area contributed by atoms with Crippen molar-refractivity contribution in [2.45, 2.75) is 12.8 Å². The van der Waals surface area contributed by atoms with Gasteiger partial charge in [0.05, 0.1) is 34.7 Å². The quantitative estimate of drug-likeness (QED) is 0.490. The lowest BCUT2D eigenvalue weighted by Gasteiger charge is -2.37. The Hall–Kier alpha value is -2.37. The molecule has 0 N–H and O–H groups in total. The van der Waals surface area contributed by atoms with Crippen LogP contribution in [0.2, 0.25) is 10.0 Å². The summed E-state index contributed by atoms with van der Waals surface area (Å²) < 4.78 is 5.77. The SMILES string of the molecule is O=C1C2C3C=CC(C4CC34)C2C(=O)N1c1ccc(OCCc2ccc(Cl)c(Cl)c2)cn1. The number of hydrogen-bond donors (Lipinski definition) is 0. The standard InChI is InChI=1S/C24H20Cl2N2O3/c25-18-5-1-12(9-19(18)26)7-8-31-13-2-6-20(27-11-13)28-23(29)21-14-3-4-15(17-10-16(14)17)22(21)24(28)30/h1-6,9,11,14-17,21-22H,7-8,10H2. The Morgan fingerprint density at radius 3 is 2.29 bits per heavy atom. The Balaban J connectivity index is 1.13. The van der Waals surface area contributed by atoms with Crippen molar-refractivity contribution in [2.24, 2.45) is 35.5 Å². The molecule has 2 bridgehead atoms. The average Bonchev–Trinajstić information content (AvgIpc) is 3.55. The van der Waals surface area contributed by atoms with E-state index in [1.165, 1.54) is 4.90 Å². The van der Waals surface area contributed by atoms with Crippen molar-refractivity contribution in [3.05, 3.63) is 64.3 Å². The number of amides is 2. The maximum absolute atomic E-state index is 13.1. The van der Waals surface area contributed by atoms with Crippen LogP contribution in [0, 0.1) is 35.5 Å². The third-order valence-electron chi connectivity index (χ3n) is 7.26. The third-order valence-corrected chi connectivity index (χ3v) is 8.00. The number of anilines is 1. The lowest BCUT2D eigenvalue weighted by molar-refractivity contribution is -0.124. The summed E-state index contributed by atoms with van der Waals surface area (Å²) in [6, 6.07) is 8.95. The first kappa shape index (κ1) is 19.3. The van der Waals surface area contributed by atoms with Crippen LogP contribution in [-0.2, 0) is 16.0 Å². The Morgan fingerprint density at radius 2 is 1.68 bits per heavy atom.